The highest BCUT2D eigenvalue weighted by atomic mass is 32.2. The second-order valence-electron chi connectivity index (χ2n) is 6.68. The Balaban J connectivity index is 1.38. The molecule has 0 radical (unpaired) electrons. The quantitative estimate of drug-likeness (QED) is 0.897. The Hall–Kier alpha value is -1.79. The number of hydrogen-bond donors (Lipinski definition) is 2. The van der Waals surface area contributed by atoms with Gasteiger partial charge < -0.3 is 15.2 Å². The molecule has 3 aliphatic rings. The third-order valence-corrected chi connectivity index (χ3v) is 5.93. The summed E-state index contributed by atoms with van der Waals surface area (Å²) >= 11 is 1.62. The molecule has 0 aliphatic carbocycles. The maximum atomic E-state index is 12.5. The molecular weight excluding hydrogens is 320 g/mol. The molecule has 3 aliphatic heterocycles. The molecule has 2 aromatic rings. The van der Waals surface area contributed by atoms with Gasteiger partial charge in [0.15, 0.2) is 0 Å². The summed E-state index contributed by atoms with van der Waals surface area (Å²) in [5.41, 5.74) is 0.733. The van der Waals surface area contributed by atoms with Crippen LogP contribution in [0.2, 0.25) is 0 Å². The van der Waals surface area contributed by atoms with Crippen LogP contribution in [0.3, 0.4) is 0 Å². The Morgan fingerprint density at radius 3 is 2.62 bits per heavy atom. The largest absolute Gasteiger partial charge is 0.348 e. The van der Waals surface area contributed by atoms with Crippen LogP contribution < -0.4 is 5.32 Å². The fraction of sp³-hybridized carbons (Fsp3) is 0.444. The van der Waals surface area contributed by atoms with E-state index < -0.39 is 0 Å². The van der Waals surface area contributed by atoms with Crippen LogP contribution >= 0.6 is 11.8 Å². The van der Waals surface area contributed by atoms with Crippen LogP contribution in [0.1, 0.15) is 29.0 Å². The molecule has 2 bridgehead atoms. The molecule has 5 nitrogen and oxygen atoms in total. The number of rotatable bonds is 4. The summed E-state index contributed by atoms with van der Waals surface area (Å²) in [6, 6.07) is 8.10. The summed E-state index contributed by atoms with van der Waals surface area (Å²) in [4.78, 5) is 23.5. The highest BCUT2D eigenvalue weighted by Crippen LogP contribution is 2.28. The fourth-order valence-electron chi connectivity index (χ4n) is 3.63. The molecule has 6 heteroatoms. The van der Waals surface area contributed by atoms with Gasteiger partial charge >= 0.3 is 0 Å². The van der Waals surface area contributed by atoms with E-state index >= 15 is 0 Å². The van der Waals surface area contributed by atoms with Crippen molar-refractivity contribution in [3.63, 3.8) is 0 Å². The number of piperidine rings is 3. The molecule has 2 N–H and O–H groups in total. The number of benzene rings is 1. The zero-order valence-corrected chi connectivity index (χ0v) is 14.6. The standard InChI is InChI=1S/C18H22N4OS/c1-12-19-10-17(20-12)24-15-4-2-14(3-5-15)18(23)21-16-11-22-8-6-13(16)7-9-22/h2-5,10,13,16H,6-9,11H2,1H3,(H,19,20)(H,21,23)/t16-/m0/s1. The van der Waals surface area contributed by atoms with E-state index in [1.54, 1.807) is 11.8 Å². The van der Waals surface area contributed by atoms with Crippen molar-refractivity contribution in [1.29, 1.82) is 0 Å². The maximum absolute atomic E-state index is 12.5. The van der Waals surface area contributed by atoms with Crippen molar-refractivity contribution in [3.8, 4) is 0 Å². The molecule has 24 heavy (non-hydrogen) atoms. The van der Waals surface area contributed by atoms with Crippen molar-refractivity contribution in [1.82, 2.24) is 20.2 Å². The first-order valence-corrected chi connectivity index (χ1v) is 9.32. The molecule has 3 saturated heterocycles. The molecule has 0 unspecified atom stereocenters. The van der Waals surface area contributed by atoms with Gasteiger partial charge in [-0.2, -0.15) is 0 Å². The van der Waals surface area contributed by atoms with Crippen LogP contribution in [0.5, 0.6) is 0 Å². The van der Waals surface area contributed by atoms with Crippen molar-refractivity contribution in [2.45, 2.75) is 35.7 Å². The van der Waals surface area contributed by atoms with Crippen LogP contribution in [0.15, 0.2) is 40.4 Å². The van der Waals surface area contributed by atoms with E-state index in [0.717, 1.165) is 27.9 Å². The van der Waals surface area contributed by atoms with Crippen molar-refractivity contribution in [3.05, 3.63) is 41.9 Å². The lowest BCUT2D eigenvalue weighted by Gasteiger charge is -2.44. The second-order valence-corrected chi connectivity index (χ2v) is 7.79. The minimum Gasteiger partial charge on any atom is -0.348 e. The lowest BCUT2D eigenvalue weighted by molar-refractivity contribution is 0.0620. The van der Waals surface area contributed by atoms with Gasteiger partial charge in [0.1, 0.15) is 5.82 Å². The normalized spacial score (nSPS) is 25.6. The van der Waals surface area contributed by atoms with Gasteiger partial charge in [0.2, 0.25) is 0 Å². The van der Waals surface area contributed by atoms with Gasteiger partial charge in [0, 0.05) is 23.0 Å². The lowest BCUT2D eigenvalue weighted by atomic mass is 9.84. The summed E-state index contributed by atoms with van der Waals surface area (Å²) in [6.07, 6.45) is 4.25. The lowest BCUT2D eigenvalue weighted by Crippen LogP contribution is -2.57. The molecule has 126 valence electrons. The van der Waals surface area contributed by atoms with E-state index in [4.69, 9.17) is 0 Å². The predicted octanol–water partition coefficient (Wildman–Crippen LogP) is 2.69. The molecule has 0 spiro atoms. The zero-order valence-electron chi connectivity index (χ0n) is 13.8. The minimum absolute atomic E-state index is 0.0442. The first-order valence-electron chi connectivity index (χ1n) is 8.50. The number of nitrogens with one attached hydrogen (secondary N) is 2. The molecule has 1 atom stereocenters. The third kappa shape index (κ3) is 3.35. The van der Waals surface area contributed by atoms with E-state index in [0.29, 0.717) is 12.0 Å². The van der Waals surface area contributed by atoms with Crippen molar-refractivity contribution in [2.75, 3.05) is 19.6 Å². The average Bonchev–Trinajstić information content (AvgIpc) is 3.01. The molecule has 3 fully saturated rings. The van der Waals surface area contributed by atoms with Gasteiger partial charge in [0.05, 0.1) is 11.2 Å². The van der Waals surface area contributed by atoms with E-state index in [1.807, 2.05) is 37.4 Å². The van der Waals surface area contributed by atoms with Crippen molar-refractivity contribution in [2.24, 2.45) is 5.92 Å². The SMILES string of the molecule is Cc1ncc(Sc2ccc(C(=O)N[C@H]3CN4CCC3CC4)cc2)[nH]1. The number of imidazole rings is 1. The number of carbonyl (C=O) groups is 1. The van der Waals surface area contributed by atoms with E-state index in [2.05, 4.69) is 20.2 Å². The van der Waals surface area contributed by atoms with Gasteiger partial charge in [-0.3, -0.25) is 4.79 Å². The topological polar surface area (TPSA) is 61.0 Å². The first-order chi connectivity index (χ1) is 11.7. The number of aryl methyl sites for hydroxylation is 1. The highest BCUT2D eigenvalue weighted by molar-refractivity contribution is 7.99. The number of aromatic amines is 1. The number of H-pyrrole nitrogens is 1. The maximum Gasteiger partial charge on any atom is 0.251 e. The predicted molar refractivity (Wildman–Crippen MR) is 94.3 cm³/mol. The van der Waals surface area contributed by atoms with Gasteiger partial charge in [0.25, 0.3) is 5.91 Å². The monoisotopic (exact) mass is 342 g/mol. The number of amides is 1. The summed E-state index contributed by atoms with van der Waals surface area (Å²) < 4.78 is 0. The molecule has 4 heterocycles. The van der Waals surface area contributed by atoms with E-state index in [1.165, 1.54) is 25.9 Å². The summed E-state index contributed by atoms with van der Waals surface area (Å²) in [6.45, 7) is 5.32. The third-order valence-electron chi connectivity index (χ3n) is 5.00. The van der Waals surface area contributed by atoms with E-state index in [-0.39, 0.29) is 5.91 Å². The molecule has 1 aromatic carbocycles. The van der Waals surface area contributed by atoms with Crippen LogP contribution in [0.4, 0.5) is 0 Å². The van der Waals surface area contributed by atoms with Crippen LogP contribution in [-0.4, -0.2) is 46.5 Å². The van der Waals surface area contributed by atoms with Gasteiger partial charge in [-0.05, 0) is 63.0 Å². The molecule has 1 aromatic heterocycles. The number of hydrogen-bond acceptors (Lipinski definition) is 4. The van der Waals surface area contributed by atoms with Crippen molar-refractivity contribution < 1.29 is 4.79 Å². The van der Waals surface area contributed by atoms with Crippen LogP contribution in [-0.2, 0) is 0 Å². The number of carbonyl (C=O) groups excluding carboxylic acids is 1. The number of fused-ring (bicyclic) bond motifs is 3. The number of nitrogens with zero attached hydrogens (tertiary/aromatic N) is 2. The molecule has 5 rings (SSSR count). The summed E-state index contributed by atoms with van der Waals surface area (Å²) in [5.74, 6) is 1.60. The Bertz CT molecular complexity index is 719. The first kappa shape index (κ1) is 15.7. The summed E-state index contributed by atoms with van der Waals surface area (Å²) in [5, 5.41) is 4.25. The number of aromatic nitrogens is 2. The van der Waals surface area contributed by atoms with Gasteiger partial charge in [-0.15, -0.1) is 0 Å². The smallest absolute Gasteiger partial charge is 0.251 e. The molecule has 1 amide bonds. The minimum atomic E-state index is 0.0442. The Morgan fingerprint density at radius 1 is 1.29 bits per heavy atom. The van der Waals surface area contributed by atoms with E-state index in [9.17, 15) is 4.79 Å². The highest BCUT2D eigenvalue weighted by Gasteiger charge is 2.34. The Kier molecular flexibility index (Phi) is 4.33. The summed E-state index contributed by atoms with van der Waals surface area (Å²) in [7, 11) is 0. The molecule has 0 saturated carbocycles. The second kappa shape index (κ2) is 6.61. The molecular formula is C18H22N4OS. The average molecular weight is 342 g/mol. The van der Waals surface area contributed by atoms with Gasteiger partial charge in [-0.25, -0.2) is 4.98 Å². The van der Waals surface area contributed by atoms with Crippen LogP contribution in [0.25, 0.3) is 0 Å². The van der Waals surface area contributed by atoms with Crippen molar-refractivity contribution >= 4 is 17.7 Å². The zero-order chi connectivity index (χ0) is 16.5. The van der Waals surface area contributed by atoms with Crippen LogP contribution in [0, 0.1) is 12.8 Å². The fourth-order valence-corrected chi connectivity index (χ4v) is 4.46. The Labute approximate surface area is 146 Å². The van der Waals surface area contributed by atoms with Gasteiger partial charge in [-0.1, -0.05) is 11.8 Å². The Morgan fingerprint density at radius 2 is 2.04 bits per heavy atom.